The van der Waals surface area contributed by atoms with Gasteiger partial charge in [0.05, 0.1) is 15.4 Å². The Labute approximate surface area is 163 Å². The summed E-state index contributed by atoms with van der Waals surface area (Å²) in [6.07, 6.45) is 6.81. The molecule has 1 aromatic carbocycles. The van der Waals surface area contributed by atoms with Crippen LogP contribution in [0.25, 0.3) is 11.3 Å². The maximum absolute atomic E-state index is 12.8. The third kappa shape index (κ3) is 3.96. The Kier molecular flexibility index (Phi) is 4.95. The fourth-order valence-corrected chi connectivity index (χ4v) is 5.36. The largest absolute Gasteiger partial charge is 0.423 e. The van der Waals surface area contributed by atoms with Crippen LogP contribution in [-0.4, -0.2) is 36.4 Å². The molecule has 0 radical (unpaired) electrons. The number of carbonyl (C=O) groups excluding carboxylic acids is 1. The van der Waals surface area contributed by atoms with E-state index in [0.29, 0.717) is 34.2 Å². The Morgan fingerprint density at radius 1 is 1.21 bits per heavy atom. The number of rotatable bonds is 4. The number of ether oxygens (including phenoxy) is 1. The first-order valence-corrected chi connectivity index (χ1v) is 10.9. The molecule has 7 nitrogen and oxygen atoms in total. The van der Waals surface area contributed by atoms with Gasteiger partial charge in [-0.1, -0.05) is 6.07 Å². The molecule has 1 saturated heterocycles. The van der Waals surface area contributed by atoms with Crippen molar-refractivity contribution in [2.75, 3.05) is 11.5 Å². The highest BCUT2D eigenvalue weighted by atomic mass is 32.2. The molecule has 0 N–H and O–H groups in total. The Balaban J connectivity index is 1.60. The average molecular weight is 396 g/mol. The number of hydrogen-bond acceptors (Lipinski definition) is 6. The van der Waals surface area contributed by atoms with Crippen LogP contribution in [-0.2, 0) is 16.8 Å². The van der Waals surface area contributed by atoms with Gasteiger partial charge in [-0.05, 0) is 37.1 Å². The van der Waals surface area contributed by atoms with Gasteiger partial charge in [-0.2, -0.15) is 9.46 Å². The van der Waals surface area contributed by atoms with E-state index in [0.717, 1.165) is 18.4 Å². The van der Waals surface area contributed by atoms with Crippen molar-refractivity contribution in [1.82, 2.24) is 14.8 Å². The minimum Gasteiger partial charge on any atom is -0.423 e. The molecule has 0 bridgehead atoms. The molecule has 0 saturated carbocycles. The molecule has 0 atom stereocenters. The monoisotopic (exact) mass is 396 g/mol. The van der Waals surface area contributed by atoms with Crippen molar-refractivity contribution in [3.8, 4) is 17.0 Å². The van der Waals surface area contributed by atoms with Gasteiger partial charge in [-0.15, -0.1) is 0 Å². The third-order valence-electron chi connectivity index (χ3n) is 4.46. The fourth-order valence-electron chi connectivity index (χ4n) is 3.16. The van der Waals surface area contributed by atoms with Crippen LogP contribution in [0, 0.1) is 0 Å². The molecular weight excluding hydrogens is 376 g/mol. The highest BCUT2D eigenvalue weighted by Gasteiger charge is 2.20. The van der Waals surface area contributed by atoms with E-state index >= 15 is 0 Å². The highest BCUT2D eigenvalue weighted by Crippen LogP contribution is 2.27. The lowest BCUT2D eigenvalue weighted by Crippen LogP contribution is -2.09. The second kappa shape index (κ2) is 7.55. The number of nitrogens with zero attached hydrogens (tertiary/aromatic N) is 4. The maximum Gasteiger partial charge on any atom is 0.347 e. The van der Waals surface area contributed by atoms with Gasteiger partial charge >= 0.3 is 5.97 Å². The first-order chi connectivity index (χ1) is 13.5. The van der Waals surface area contributed by atoms with Crippen LogP contribution in [0.1, 0.15) is 23.2 Å². The summed E-state index contributed by atoms with van der Waals surface area (Å²) in [5.41, 5.74) is 2.16. The molecule has 0 amide bonds. The number of pyridine rings is 1. The van der Waals surface area contributed by atoms with E-state index in [2.05, 4.69) is 14.4 Å². The summed E-state index contributed by atoms with van der Waals surface area (Å²) in [6.45, 7) is 0. The van der Waals surface area contributed by atoms with E-state index in [-0.39, 0.29) is 0 Å². The lowest BCUT2D eigenvalue weighted by atomic mass is 10.1. The van der Waals surface area contributed by atoms with Gasteiger partial charge < -0.3 is 4.74 Å². The molecule has 3 heterocycles. The molecule has 4 rings (SSSR count). The molecule has 1 aliphatic heterocycles. The van der Waals surface area contributed by atoms with Gasteiger partial charge in [-0.3, -0.25) is 9.67 Å². The molecule has 0 aliphatic carbocycles. The first-order valence-electron chi connectivity index (χ1n) is 9.01. The molecule has 8 heteroatoms. The van der Waals surface area contributed by atoms with Gasteiger partial charge in [0.15, 0.2) is 0 Å². The maximum atomic E-state index is 12.8. The van der Waals surface area contributed by atoms with Crippen LogP contribution in [0.4, 0.5) is 5.69 Å². The van der Waals surface area contributed by atoms with Crippen molar-refractivity contribution in [2.45, 2.75) is 12.8 Å². The SMILES string of the molecule is Cn1cc(C(=O)Oc2cccc(N=S3(=O)CCCC3)c2)c(-c2cccnc2)n1. The van der Waals surface area contributed by atoms with Crippen LogP contribution in [0.2, 0.25) is 0 Å². The van der Waals surface area contributed by atoms with Gasteiger partial charge in [-0.25, -0.2) is 9.00 Å². The number of aryl methyl sites for hydroxylation is 1. The highest BCUT2D eigenvalue weighted by molar-refractivity contribution is 7.93. The third-order valence-corrected chi connectivity index (χ3v) is 6.86. The molecule has 0 spiro atoms. The van der Waals surface area contributed by atoms with E-state index in [4.69, 9.17) is 4.74 Å². The molecule has 144 valence electrons. The summed E-state index contributed by atoms with van der Waals surface area (Å²) < 4.78 is 24.1. The van der Waals surface area contributed by atoms with Crippen LogP contribution in [0.15, 0.2) is 59.4 Å². The Morgan fingerprint density at radius 2 is 2.04 bits per heavy atom. The van der Waals surface area contributed by atoms with Crippen molar-refractivity contribution in [1.29, 1.82) is 0 Å². The van der Waals surface area contributed by atoms with Crippen molar-refractivity contribution < 1.29 is 13.7 Å². The summed E-state index contributed by atoms with van der Waals surface area (Å²) in [7, 11) is -0.435. The van der Waals surface area contributed by atoms with Crippen molar-refractivity contribution in [3.05, 3.63) is 60.6 Å². The van der Waals surface area contributed by atoms with Gasteiger partial charge in [0.2, 0.25) is 0 Å². The zero-order valence-corrected chi connectivity index (χ0v) is 16.3. The average Bonchev–Trinajstić information content (AvgIpc) is 3.28. The molecule has 0 unspecified atom stereocenters. The number of esters is 1. The smallest absolute Gasteiger partial charge is 0.347 e. The summed E-state index contributed by atoms with van der Waals surface area (Å²) in [6, 6.07) is 10.5. The molecule has 1 fully saturated rings. The van der Waals surface area contributed by atoms with E-state index in [1.54, 1.807) is 60.7 Å². The molecular formula is C20H20N4O3S. The minimum absolute atomic E-state index is 0.347. The Morgan fingerprint density at radius 3 is 2.79 bits per heavy atom. The normalized spacial score (nSPS) is 15.3. The fraction of sp³-hybridized carbons (Fsp3) is 0.250. The molecule has 28 heavy (non-hydrogen) atoms. The molecule has 1 aliphatic rings. The zero-order chi connectivity index (χ0) is 19.6. The van der Waals surface area contributed by atoms with Crippen molar-refractivity contribution in [3.63, 3.8) is 0 Å². The lowest BCUT2D eigenvalue weighted by molar-refractivity contribution is 0.0735. The number of aromatic nitrogens is 3. The van der Waals surface area contributed by atoms with Crippen molar-refractivity contribution in [2.24, 2.45) is 11.4 Å². The van der Waals surface area contributed by atoms with Crippen LogP contribution >= 0.6 is 0 Å². The first kappa shape index (κ1) is 18.4. The summed E-state index contributed by atoms with van der Waals surface area (Å²) in [4.78, 5) is 16.8. The second-order valence-corrected chi connectivity index (χ2v) is 9.22. The number of hydrogen-bond donors (Lipinski definition) is 0. The Bertz CT molecular complexity index is 1120. The Hall–Kier alpha value is -3.00. The van der Waals surface area contributed by atoms with E-state index in [9.17, 15) is 9.00 Å². The number of benzene rings is 1. The summed E-state index contributed by atoms with van der Waals surface area (Å²) in [5, 5.41) is 4.36. The van der Waals surface area contributed by atoms with Gasteiger partial charge in [0.25, 0.3) is 0 Å². The molecule has 3 aromatic rings. The summed E-state index contributed by atoms with van der Waals surface area (Å²) >= 11 is 0. The quantitative estimate of drug-likeness (QED) is 0.497. The van der Waals surface area contributed by atoms with E-state index < -0.39 is 15.7 Å². The predicted octanol–water partition coefficient (Wildman–Crippen LogP) is 3.59. The van der Waals surface area contributed by atoms with Crippen LogP contribution in [0.5, 0.6) is 5.75 Å². The molecule has 2 aromatic heterocycles. The van der Waals surface area contributed by atoms with E-state index in [1.165, 1.54) is 0 Å². The van der Waals surface area contributed by atoms with Gasteiger partial charge in [0.1, 0.15) is 17.0 Å². The second-order valence-electron chi connectivity index (χ2n) is 6.67. The summed E-state index contributed by atoms with van der Waals surface area (Å²) in [5.74, 6) is 1.09. The standard InChI is InChI=1S/C20H20N4O3S/c1-24-14-18(19(22-24)15-6-5-9-21-13-15)20(25)27-17-8-4-7-16(12-17)23-28(26)10-2-3-11-28/h4-9,12-14H,2-3,10-11H2,1H3. The minimum atomic E-state index is -2.18. The predicted molar refractivity (Wildman–Crippen MR) is 107 cm³/mol. The topological polar surface area (TPSA) is 86.4 Å². The van der Waals surface area contributed by atoms with Crippen molar-refractivity contribution >= 4 is 21.4 Å². The zero-order valence-electron chi connectivity index (χ0n) is 15.4. The van der Waals surface area contributed by atoms with Crippen LogP contribution < -0.4 is 4.74 Å². The van der Waals surface area contributed by atoms with E-state index in [1.807, 2.05) is 6.07 Å². The number of carbonyl (C=O) groups is 1. The van der Waals surface area contributed by atoms with Crippen LogP contribution in [0.3, 0.4) is 0 Å². The van der Waals surface area contributed by atoms with Gasteiger partial charge in [0, 0.05) is 48.8 Å². The lowest BCUT2D eigenvalue weighted by Gasteiger charge is -2.06.